The summed E-state index contributed by atoms with van der Waals surface area (Å²) in [5.41, 5.74) is 1.18. The molecule has 2 rings (SSSR count). The molecule has 0 unspecified atom stereocenters. The lowest BCUT2D eigenvalue weighted by molar-refractivity contribution is 0.0940. The summed E-state index contributed by atoms with van der Waals surface area (Å²) < 4.78 is 25.3. The maximum absolute atomic E-state index is 12.3. The molecule has 0 aliphatic rings. The molecular formula is C17H18Cl2N2O3S. The molecule has 1 amide bonds. The van der Waals surface area contributed by atoms with E-state index in [-0.39, 0.29) is 16.8 Å². The second-order valence-corrected chi connectivity index (χ2v) is 8.65. The molecule has 134 valence electrons. The number of hydrogen-bond donors (Lipinski definition) is 1. The first kappa shape index (κ1) is 19.7. The molecule has 0 spiro atoms. The average molecular weight is 401 g/mol. The predicted octanol–water partition coefficient (Wildman–Crippen LogP) is 3.73. The van der Waals surface area contributed by atoms with Crippen LogP contribution in [0.3, 0.4) is 0 Å². The van der Waals surface area contributed by atoms with Crippen molar-refractivity contribution in [1.29, 1.82) is 0 Å². The minimum atomic E-state index is -3.48. The Morgan fingerprint density at radius 2 is 1.64 bits per heavy atom. The first-order chi connectivity index (χ1) is 11.6. The van der Waals surface area contributed by atoms with Crippen LogP contribution in [-0.2, 0) is 10.0 Å². The van der Waals surface area contributed by atoms with Crippen molar-refractivity contribution >= 4 is 39.1 Å². The zero-order chi connectivity index (χ0) is 18.8. The third-order valence-electron chi connectivity index (χ3n) is 3.69. The van der Waals surface area contributed by atoms with E-state index in [2.05, 4.69) is 5.32 Å². The maximum Gasteiger partial charge on any atom is 0.251 e. The molecule has 5 nitrogen and oxygen atoms in total. The van der Waals surface area contributed by atoms with Gasteiger partial charge in [0.25, 0.3) is 5.91 Å². The molecule has 2 aromatic carbocycles. The maximum atomic E-state index is 12.3. The summed E-state index contributed by atoms with van der Waals surface area (Å²) in [6, 6.07) is 10.7. The van der Waals surface area contributed by atoms with Crippen LogP contribution in [0.5, 0.6) is 0 Å². The summed E-state index contributed by atoms with van der Waals surface area (Å²) in [6.45, 7) is 1.81. The van der Waals surface area contributed by atoms with Crippen LogP contribution in [-0.4, -0.2) is 32.7 Å². The fourth-order valence-electron chi connectivity index (χ4n) is 2.14. The summed E-state index contributed by atoms with van der Waals surface area (Å²) >= 11 is 11.8. The van der Waals surface area contributed by atoms with Gasteiger partial charge in [0.15, 0.2) is 0 Å². The number of nitrogens with one attached hydrogen (secondary N) is 1. The highest BCUT2D eigenvalue weighted by molar-refractivity contribution is 7.89. The Kier molecular flexibility index (Phi) is 6.11. The van der Waals surface area contributed by atoms with Gasteiger partial charge in [0, 0.05) is 19.7 Å². The lowest BCUT2D eigenvalue weighted by Gasteiger charge is -2.16. The van der Waals surface area contributed by atoms with Crippen LogP contribution in [0.2, 0.25) is 10.0 Å². The van der Waals surface area contributed by atoms with Crippen molar-refractivity contribution in [2.24, 2.45) is 0 Å². The normalized spacial score (nSPS) is 12.9. The topological polar surface area (TPSA) is 66.5 Å². The lowest BCUT2D eigenvalue weighted by atomic mass is 10.1. The number of hydrogen-bond acceptors (Lipinski definition) is 3. The molecule has 0 saturated carbocycles. The third-order valence-corrected chi connectivity index (χ3v) is 6.26. The molecule has 0 aromatic heterocycles. The number of nitrogens with zero attached hydrogens (tertiary/aromatic N) is 1. The van der Waals surface area contributed by atoms with Crippen LogP contribution in [0.1, 0.15) is 28.9 Å². The number of carbonyl (C=O) groups is 1. The van der Waals surface area contributed by atoms with Gasteiger partial charge in [-0.05, 0) is 42.8 Å². The average Bonchev–Trinajstić information content (AvgIpc) is 2.57. The number of carbonyl (C=O) groups excluding carboxylic acids is 1. The first-order valence-corrected chi connectivity index (χ1v) is 9.61. The minimum Gasteiger partial charge on any atom is -0.346 e. The Morgan fingerprint density at radius 1 is 1.04 bits per heavy atom. The molecule has 0 bridgehead atoms. The van der Waals surface area contributed by atoms with Gasteiger partial charge >= 0.3 is 0 Å². The molecule has 0 radical (unpaired) electrons. The monoisotopic (exact) mass is 400 g/mol. The molecule has 0 saturated heterocycles. The fraction of sp³-hybridized carbons (Fsp3) is 0.235. The predicted molar refractivity (Wildman–Crippen MR) is 99.7 cm³/mol. The van der Waals surface area contributed by atoms with Crippen molar-refractivity contribution in [3.05, 3.63) is 63.6 Å². The molecule has 25 heavy (non-hydrogen) atoms. The minimum absolute atomic E-state index is 0.198. The Labute approximate surface area is 157 Å². The van der Waals surface area contributed by atoms with E-state index in [0.717, 1.165) is 9.87 Å². The molecule has 1 atom stereocenters. The Bertz CT molecular complexity index is 881. The van der Waals surface area contributed by atoms with Gasteiger partial charge in [-0.15, -0.1) is 0 Å². The quantitative estimate of drug-likeness (QED) is 0.830. The molecule has 0 heterocycles. The highest BCUT2D eigenvalue weighted by atomic mass is 35.5. The number of sulfonamides is 1. The molecule has 8 heteroatoms. The van der Waals surface area contributed by atoms with Crippen LogP contribution in [0, 0.1) is 0 Å². The molecule has 0 fully saturated rings. The SMILES string of the molecule is C[C@@H](NC(=O)c1ccc(Cl)c(Cl)c1)c1ccc(S(=O)(=O)N(C)C)cc1. The fourth-order valence-corrected chi connectivity index (χ4v) is 3.34. The van der Waals surface area contributed by atoms with E-state index in [1.165, 1.54) is 32.3 Å². The van der Waals surface area contributed by atoms with E-state index < -0.39 is 10.0 Å². The van der Waals surface area contributed by atoms with Gasteiger partial charge in [-0.2, -0.15) is 0 Å². The summed E-state index contributed by atoms with van der Waals surface area (Å²) in [6.07, 6.45) is 0. The van der Waals surface area contributed by atoms with E-state index in [1.54, 1.807) is 24.3 Å². The van der Waals surface area contributed by atoms with E-state index in [4.69, 9.17) is 23.2 Å². The number of amides is 1. The van der Waals surface area contributed by atoms with Crippen molar-refractivity contribution in [2.75, 3.05) is 14.1 Å². The number of benzene rings is 2. The molecule has 2 aromatic rings. The zero-order valence-corrected chi connectivity index (χ0v) is 16.3. The Balaban J connectivity index is 2.14. The van der Waals surface area contributed by atoms with Gasteiger partial charge in [-0.1, -0.05) is 35.3 Å². The molecule has 0 aliphatic heterocycles. The Morgan fingerprint density at radius 3 is 2.16 bits per heavy atom. The standard InChI is InChI=1S/C17H18Cl2N2O3S/c1-11(20-17(22)13-6-9-15(18)16(19)10-13)12-4-7-14(8-5-12)25(23,24)21(2)3/h4-11H,1-3H3,(H,20,22)/t11-/m1/s1. The van der Waals surface area contributed by atoms with Gasteiger partial charge in [0.1, 0.15) is 0 Å². The van der Waals surface area contributed by atoms with E-state index in [1.807, 2.05) is 6.92 Å². The van der Waals surface area contributed by atoms with Crippen molar-refractivity contribution in [3.63, 3.8) is 0 Å². The van der Waals surface area contributed by atoms with Crippen molar-refractivity contribution in [3.8, 4) is 0 Å². The lowest BCUT2D eigenvalue weighted by Crippen LogP contribution is -2.26. The summed E-state index contributed by atoms with van der Waals surface area (Å²) in [5.74, 6) is -0.295. The summed E-state index contributed by atoms with van der Waals surface area (Å²) in [4.78, 5) is 12.5. The summed E-state index contributed by atoms with van der Waals surface area (Å²) in [7, 11) is -0.524. The summed E-state index contributed by atoms with van der Waals surface area (Å²) in [5, 5.41) is 3.52. The largest absolute Gasteiger partial charge is 0.346 e. The molecular weight excluding hydrogens is 383 g/mol. The van der Waals surface area contributed by atoms with Crippen LogP contribution < -0.4 is 5.32 Å². The smallest absolute Gasteiger partial charge is 0.251 e. The van der Waals surface area contributed by atoms with Gasteiger partial charge < -0.3 is 5.32 Å². The van der Waals surface area contributed by atoms with Crippen LogP contribution >= 0.6 is 23.2 Å². The second kappa shape index (κ2) is 7.74. The third kappa shape index (κ3) is 4.52. The first-order valence-electron chi connectivity index (χ1n) is 7.41. The van der Waals surface area contributed by atoms with Crippen molar-refractivity contribution in [2.45, 2.75) is 17.9 Å². The molecule has 0 aliphatic carbocycles. The second-order valence-electron chi connectivity index (χ2n) is 5.68. The highest BCUT2D eigenvalue weighted by Gasteiger charge is 2.18. The van der Waals surface area contributed by atoms with Crippen LogP contribution in [0.25, 0.3) is 0 Å². The van der Waals surface area contributed by atoms with Crippen LogP contribution in [0.15, 0.2) is 47.4 Å². The number of halogens is 2. The highest BCUT2D eigenvalue weighted by Crippen LogP contribution is 2.23. The van der Waals surface area contributed by atoms with Crippen molar-refractivity contribution in [1.82, 2.24) is 9.62 Å². The van der Waals surface area contributed by atoms with Gasteiger partial charge in [-0.25, -0.2) is 12.7 Å². The van der Waals surface area contributed by atoms with E-state index in [0.29, 0.717) is 15.6 Å². The zero-order valence-electron chi connectivity index (χ0n) is 14.0. The number of rotatable bonds is 5. The Hall–Kier alpha value is -1.60. The van der Waals surface area contributed by atoms with Crippen LogP contribution in [0.4, 0.5) is 0 Å². The molecule has 1 N–H and O–H groups in total. The van der Waals surface area contributed by atoms with Gasteiger partial charge in [0.2, 0.25) is 10.0 Å². The van der Waals surface area contributed by atoms with Gasteiger partial charge in [0.05, 0.1) is 21.0 Å². The van der Waals surface area contributed by atoms with E-state index in [9.17, 15) is 13.2 Å². The van der Waals surface area contributed by atoms with Crippen molar-refractivity contribution < 1.29 is 13.2 Å². The van der Waals surface area contributed by atoms with Gasteiger partial charge in [-0.3, -0.25) is 4.79 Å². The van der Waals surface area contributed by atoms with E-state index >= 15 is 0 Å².